The second-order valence-corrected chi connectivity index (χ2v) is 4.98. The van der Waals surface area contributed by atoms with Crippen molar-refractivity contribution in [2.45, 2.75) is 0 Å². The first-order valence-electron chi connectivity index (χ1n) is 7.18. The minimum atomic E-state index is 0.191. The molecule has 1 heterocycles. The Kier molecular flexibility index (Phi) is 4.24. The number of nitrogens with zero attached hydrogens (tertiary/aromatic N) is 2. The monoisotopic (exact) mass is 327 g/mol. The Bertz CT molecular complexity index is 818. The molecule has 2 N–H and O–H groups in total. The summed E-state index contributed by atoms with van der Waals surface area (Å²) in [6.45, 7) is 0. The Labute approximate surface area is 138 Å². The number of hydrogen-bond acceptors (Lipinski definition) is 6. The third-order valence-corrected chi connectivity index (χ3v) is 3.63. The summed E-state index contributed by atoms with van der Waals surface area (Å²) < 4.78 is 16.1. The summed E-state index contributed by atoms with van der Waals surface area (Å²) in [7, 11) is 4.67. The Hall–Kier alpha value is -3.22. The number of methoxy groups -OCH3 is 3. The maximum Gasteiger partial charge on any atom is 0.203 e. The van der Waals surface area contributed by atoms with Crippen molar-refractivity contribution >= 4 is 0 Å². The summed E-state index contributed by atoms with van der Waals surface area (Å²) >= 11 is 0. The summed E-state index contributed by atoms with van der Waals surface area (Å²) in [6.07, 6.45) is 0. The summed E-state index contributed by atoms with van der Waals surface area (Å²) in [5, 5.41) is 20.5. The minimum Gasteiger partial charge on any atom is -0.508 e. The van der Waals surface area contributed by atoms with E-state index < -0.39 is 0 Å². The SMILES string of the molecule is COc1cc(-c2n[nH]nc2-c2ccc(O)cc2)cc(OC)c1OC. The molecule has 0 aliphatic heterocycles. The normalized spacial score (nSPS) is 10.5. The zero-order valence-corrected chi connectivity index (χ0v) is 13.5. The topological polar surface area (TPSA) is 89.5 Å². The van der Waals surface area contributed by atoms with Crippen LogP contribution in [-0.2, 0) is 0 Å². The van der Waals surface area contributed by atoms with Crippen molar-refractivity contribution in [1.82, 2.24) is 15.4 Å². The highest BCUT2D eigenvalue weighted by atomic mass is 16.5. The van der Waals surface area contributed by atoms with Crippen LogP contribution in [0.5, 0.6) is 23.0 Å². The van der Waals surface area contributed by atoms with Crippen molar-refractivity contribution < 1.29 is 19.3 Å². The van der Waals surface area contributed by atoms with Crippen LogP contribution < -0.4 is 14.2 Å². The Morgan fingerprint density at radius 2 is 1.33 bits per heavy atom. The predicted octanol–water partition coefficient (Wildman–Crippen LogP) is 2.87. The van der Waals surface area contributed by atoms with Crippen LogP contribution >= 0.6 is 0 Å². The first-order chi connectivity index (χ1) is 11.7. The number of H-pyrrole nitrogens is 1. The molecule has 3 aromatic rings. The zero-order chi connectivity index (χ0) is 17.1. The maximum atomic E-state index is 9.44. The molecule has 7 nitrogen and oxygen atoms in total. The molecule has 0 saturated carbocycles. The molecule has 0 atom stereocenters. The molecular formula is C17H17N3O4. The second kappa shape index (κ2) is 6.49. The fraction of sp³-hybridized carbons (Fsp3) is 0.176. The molecule has 0 spiro atoms. The lowest BCUT2D eigenvalue weighted by molar-refractivity contribution is 0.324. The van der Waals surface area contributed by atoms with Gasteiger partial charge in [-0.1, -0.05) is 0 Å². The number of phenolic OH excluding ortho intramolecular Hbond substituents is 1. The molecule has 124 valence electrons. The standard InChI is InChI=1S/C17H17N3O4/c1-22-13-8-11(9-14(23-2)17(13)24-3)16-15(18-20-19-16)10-4-6-12(21)7-5-10/h4-9,21H,1-3H3,(H,18,19,20). The van der Waals surface area contributed by atoms with Gasteiger partial charge in [-0.05, 0) is 36.4 Å². The first-order valence-corrected chi connectivity index (χ1v) is 7.18. The van der Waals surface area contributed by atoms with E-state index in [0.29, 0.717) is 28.6 Å². The number of aromatic amines is 1. The van der Waals surface area contributed by atoms with Crippen molar-refractivity contribution in [3.05, 3.63) is 36.4 Å². The third-order valence-electron chi connectivity index (χ3n) is 3.63. The number of hydrogen-bond donors (Lipinski definition) is 2. The van der Waals surface area contributed by atoms with E-state index in [1.54, 1.807) is 45.6 Å². The van der Waals surface area contributed by atoms with Gasteiger partial charge in [-0.15, -0.1) is 0 Å². The van der Waals surface area contributed by atoms with Gasteiger partial charge in [-0.2, -0.15) is 15.4 Å². The highest BCUT2D eigenvalue weighted by Gasteiger charge is 2.18. The van der Waals surface area contributed by atoms with Gasteiger partial charge in [0, 0.05) is 11.1 Å². The smallest absolute Gasteiger partial charge is 0.203 e. The Morgan fingerprint density at radius 3 is 1.83 bits per heavy atom. The highest BCUT2D eigenvalue weighted by Crippen LogP contribution is 2.42. The van der Waals surface area contributed by atoms with E-state index in [-0.39, 0.29) is 5.75 Å². The summed E-state index contributed by atoms with van der Waals surface area (Å²) in [4.78, 5) is 0. The maximum absolute atomic E-state index is 9.44. The largest absolute Gasteiger partial charge is 0.508 e. The van der Waals surface area contributed by atoms with E-state index in [1.807, 2.05) is 12.1 Å². The number of benzene rings is 2. The molecule has 24 heavy (non-hydrogen) atoms. The van der Waals surface area contributed by atoms with Crippen LogP contribution in [0.3, 0.4) is 0 Å². The molecule has 2 aromatic carbocycles. The molecule has 7 heteroatoms. The lowest BCUT2D eigenvalue weighted by Crippen LogP contribution is -1.96. The average molecular weight is 327 g/mol. The number of aromatic hydroxyl groups is 1. The van der Waals surface area contributed by atoms with Crippen LogP contribution in [0.15, 0.2) is 36.4 Å². The third kappa shape index (κ3) is 2.71. The van der Waals surface area contributed by atoms with Crippen molar-refractivity contribution in [3.63, 3.8) is 0 Å². The van der Waals surface area contributed by atoms with Gasteiger partial charge in [0.15, 0.2) is 11.5 Å². The molecule has 3 rings (SSSR count). The van der Waals surface area contributed by atoms with Gasteiger partial charge in [0.1, 0.15) is 17.1 Å². The average Bonchev–Trinajstić information content (AvgIpc) is 3.10. The molecule has 0 bridgehead atoms. The summed E-state index contributed by atoms with van der Waals surface area (Å²) in [6, 6.07) is 10.4. The van der Waals surface area contributed by atoms with Gasteiger partial charge in [0.25, 0.3) is 0 Å². The number of phenols is 1. The number of rotatable bonds is 5. The molecule has 0 saturated heterocycles. The van der Waals surface area contributed by atoms with Crippen LogP contribution in [0.25, 0.3) is 22.5 Å². The summed E-state index contributed by atoms with van der Waals surface area (Å²) in [5.41, 5.74) is 2.89. The van der Waals surface area contributed by atoms with E-state index in [1.165, 1.54) is 0 Å². The van der Waals surface area contributed by atoms with E-state index >= 15 is 0 Å². The van der Waals surface area contributed by atoms with Crippen LogP contribution in [0.2, 0.25) is 0 Å². The molecule has 0 aliphatic carbocycles. The van der Waals surface area contributed by atoms with Crippen LogP contribution in [0.1, 0.15) is 0 Å². The first kappa shape index (κ1) is 15.7. The van der Waals surface area contributed by atoms with Gasteiger partial charge in [-0.25, -0.2) is 0 Å². The summed E-state index contributed by atoms with van der Waals surface area (Å²) in [5.74, 6) is 1.77. The second-order valence-electron chi connectivity index (χ2n) is 4.98. The van der Waals surface area contributed by atoms with Gasteiger partial charge >= 0.3 is 0 Å². The van der Waals surface area contributed by atoms with Gasteiger partial charge < -0.3 is 19.3 Å². The zero-order valence-electron chi connectivity index (χ0n) is 13.5. The van der Waals surface area contributed by atoms with Crippen LogP contribution in [0, 0.1) is 0 Å². The Morgan fingerprint density at radius 1 is 0.792 bits per heavy atom. The fourth-order valence-electron chi connectivity index (χ4n) is 2.47. The molecule has 0 amide bonds. The lowest BCUT2D eigenvalue weighted by atomic mass is 10.0. The molecular weight excluding hydrogens is 310 g/mol. The van der Waals surface area contributed by atoms with E-state index in [0.717, 1.165) is 11.1 Å². The number of nitrogens with one attached hydrogen (secondary N) is 1. The van der Waals surface area contributed by atoms with Crippen molar-refractivity contribution in [2.75, 3.05) is 21.3 Å². The van der Waals surface area contributed by atoms with Crippen molar-refractivity contribution in [1.29, 1.82) is 0 Å². The fourth-order valence-corrected chi connectivity index (χ4v) is 2.47. The van der Waals surface area contributed by atoms with Gasteiger partial charge in [0.05, 0.1) is 21.3 Å². The molecule has 0 radical (unpaired) electrons. The van der Waals surface area contributed by atoms with E-state index in [9.17, 15) is 5.11 Å². The minimum absolute atomic E-state index is 0.191. The number of ether oxygens (including phenoxy) is 3. The predicted molar refractivity (Wildman–Crippen MR) is 88.6 cm³/mol. The van der Waals surface area contributed by atoms with Gasteiger partial charge in [-0.3, -0.25) is 0 Å². The Balaban J connectivity index is 2.14. The molecule has 0 aliphatic rings. The molecule has 1 aromatic heterocycles. The van der Waals surface area contributed by atoms with Gasteiger partial charge in [0.2, 0.25) is 5.75 Å². The van der Waals surface area contributed by atoms with Crippen molar-refractivity contribution in [2.24, 2.45) is 0 Å². The van der Waals surface area contributed by atoms with E-state index in [4.69, 9.17) is 14.2 Å². The van der Waals surface area contributed by atoms with Crippen LogP contribution in [0.4, 0.5) is 0 Å². The highest BCUT2D eigenvalue weighted by molar-refractivity contribution is 5.80. The molecule has 0 fully saturated rings. The molecule has 0 unspecified atom stereocenters. The van der Waals surface area contributed by atoms with E-state index in [2.05, 4.69) is 15.4 Å². The lowest BCUT2D eigenvalue weighted by Gasteiger charge is -2.13. The number of aromatic nitrogens is 3. The van der Waals surface area contributed by atoms with Crippen molar-refractivity contribution in [3.8, 4) is 45.5 Å². The van der Waals surface area contributed by atoms with Crippen LogP contribution in [-0.4, -0.2) is 41.8 Å². The quantitative estimate of drug-likeness (QED) is 0.749.